The van der Waals surface area contributed by atoms with Crippen molar-refractivity contribution in [2.24, 2.45) is 5.92 Å². The lowest BCUT2D eigenvalue weighted by Crippen LogP contribution is -2.61. The zero-order chi connectivity index (χ0) is 22.2. The second-order valence-corrected chi connectivity index (χ2v) is 8.29. The van der Waals surface area contributed by atoms with Crippen molar-refractivity contribution in [3.05, 3.63) is 47.9 Å². The van der Waals surface area contributed by atoms with Crippen LogP contribution < -0.4 is 15.1 Å². The Morgan fingerprint density at radius 1 is 0.969 bits per heavy atom. The van der Waals surface area contributed by atoms with E-state index < -0.39 is 23.7 Å². The van der Waals surface area contributed by atoms with Gasteiger partial charge in [0.1, 0.15) is 11.7 Å². The van der Waals surface area contributed by atoms with Crippen LogP contribution >= 0.6 is 0 Å². The van der Waals surface area contributed by atoms with Gasteiger partial charge in [0.15, 0.2) is 5.82 Å². The first-order valence-electron chi connectivity index (χ1n) is 10.8. The maximum absolute atomic E-state index is 13.2. The fourth-order valence-electron chi connectivity index (χ4n) is 4.12. The number of carbonyl (C=O) groups is 3. The molecule has 1 saturated carbocycles. The van der Waals surface area contributed by atoms with Crippen LogP contribution in [0.3, 0.4) is 0 Å². The van der Waals surface area contributed by atoms with E-state index >= 15 is 0 Å². The van der Waals surface area contributed by atoms with Crippen molar-refractivity contribution in [1.82, 2.24) is 20.4 Å². The van der Waals surface area contributed by atoms with Gasteiger partial charge in [-0.05, 0) is 49.2 Å². The average Bonchev–Trinajstić information content (AvgIpc) is 3.66. The predicted molar refractivity (Wildman–Crippen MR) is 114 cm³/mol. The highest BCUT2D eigenvalue weighted by atomic mass is 19.1. The van der Waals surface area contributed by atoms with E-state index in [4.69, 9.17) is 0 Å². The predicted octanol–water partition coefficient (Wildman–Crippen LogP) is 1.51. The van der Waals surface area contributed by atoms with Crippen molar-refractivity contribution in [2.75, 3.05) is 42.5 Å². The fraction of sp³-hybridized carbons (Fsp3) is 0.409. The van der Waals surface area contributed by atoms with Gasteiger partial charge >= 0.3 is 6.03 Å². The normalized spacial score (nSPS) is 21.5. The molecule has 0 radical (unpaired) electrons. The number of benzene rings is 1. The smallest absolute Gasteiger partial charge is 0.328 e. The highest BCUT2D eigenvalue weighted by molar-refractivity contribution is 6.21. The van der Waals surface area contributed by atoms with Gasteiger partial charge in [-0.25, -0.2) is 14.1 Å². The standard InChI is InChI=1S/C22H23FN6O3/c23-15-3-5-16(6-4-15)29-21(31)17(13-24-22(29)32)20(30)28-11-9-27(10-12-28)19-8-7-18(25-26-19)14-1-2-14/h3-8,14,17H,1-2,9-13H2,(H,24,32). The number of anilines is 2. The number of hydrogen-bond donors (Lipinski definition) is 1. The second-order valence-electron chi connectivity index (χ2n) is 8.29. The van der Waals surface area contributed by atoms with Gasteiger partial charge in [-0.15, -0.1) is 5.10 Å². The molecule has 3 aliphatic rings. The topological polar surface area (TPSA) is 98.7 Å². The monoisotopic (exact) mass is 438 g/mol. The van der Waals surface area contributed by atoms with Gasteiger partial charge in [-0.2, -0.15) is 5.10 Å². The van der Waals surface area contributed by atoms with Crippen molar-refractivity contribution >= 4 is 29.4 Å². The van der Waals surface area contributed by atoms with E-state index in [1.807, 2.05) is 12.1 Å². The van der Waals surface area contributed by atoms with Crippen molar-refractivity contribution in [1.29, 1.82) is 0 Å². The Balaban J connectivity index is 1.23. The first-order valence-corrected chi connectivity index (χ1v) is 10.8. The van der Waals surface area contributed by atoms with Crippen molar-refractivity contribution in [3.63, 3.8) is 0 Å². The highest BCUT2D eigenvalue weighted by Crippen LogP contribution is 2.38. The number of hydrogen-bond acceptors (Lipinski definition) is 6. The molecular formula is C22H23FN6O3. The van der Waals surface area contributed by atoms with E-state index in [1.54, 1.807) is 4.90 Å². The summed E-state index contributed by atoms with van der Waals surface area (Å²) in [5, 5.41) is 11.2. The van der Waals surface area contributed by atoms with Crippen LogP contribution in [0.4, 0.5) is 20.7 Å². The molecule has 10 heteroatoms. The highest BCUT2D eigenvalue weighted by Gasteiger charge is 2.41. The number of carbonyl (C=O) groups excluding carboxylic acids is 3. The molecule has 2 aliphatic heterocycles. The Kier molecular flexibility index (Phi) is 5.20. The number of nitrogens with one attached hydrogen (secondary N) is 1. The van der Waals surface area contributed by atoms with Gasteiger partial charge in [0, 0.05) is 38.6 Å². The molecule has 32 heavy (non-hydrogen) atoms. The average molecular weight is 438 g/mol. The van der Waals surface area contributed by atoms with Crippen LogP contribution in [0.1, 0.15) is 24.5 Å². The summed E-state index contributed by atoms with van der Waals surface area (Å²) in [6.07, 6.45) is 2.35. The Hall–Kier alpha value is -3.56. The van der Waals surface area contributed by atoms with Gasteiger partial charge in [0.25, 0.3) is 0 Å². The number of piperazine rings is 1. The molecule has 1 unspecified atom stereocenters. The van der Waals surface area contributed by atoms with Crippen LogP contribution in [0.5, 0.6) is 0 Å². The van der Waals surface area contributed by atoms with E-state index in [1.165, 1.54) is 37.1 Å². The van der Waals surface area contributed by atoms with Crippen LogP contribution in [-0.4, -0.2) is 65.7 Å². The molecule has 1 aromatic carbocycles. The third-order valence-electron chi connectivity index (χ3n) is 6.14. The summed E-state index contributed by atoms with van der Waals surface area (Å²) < 4.78 is 13.2. The summed E-state index contributed by atoms with van der Waals surface area (Å²) >= 11 is 0. The molecule has 1 atom stereocenters. The lowest BCUT2D eigenvalue weighted by Gasteiger charge is -2.38. The number of imide groups is 1. The SMILES string of the molecule is O=C(C1CNC(=O)N(c2ccc(F)cc2)C1=O)N1CCN(c2ccc(C3CC3)nn2)CC1. The number of amides is 4. The first kappa shape index (κ1) is 20.3. The van der Waals surface area contributed by atoms with Gasteiger partial charge < -0.3 is 15.1 Å². The van der Waals surface area contributed by atoms with Crippen LogP contribution in [0.2, 0.25) is 0 Å². The summed E-state index contributed by atoms with van der Waals surface area (Å²) in [5.74, 6) is -1.08. The van der Waals surface area contributed by atoms with Crippen LogP contribution in [0, 0.1) is 11.7 Å². The first-order chi connectivity index (χ1) is 15.5. The number of nitrogens with zero attached hydrogens (tertiary/aromatic N) is 5. The third-order valence-corrected chi connectivity index (χ3v) is 6.14. The molecule has 166 valence electrons. The summed E-state index contributed by atoms with van der Waals surface area (Å²) in [7, 11) is 0. The van der Waals surface area contributed by atoms with E-state index in [0.29, 0.717) is 32.1 Å². The van der Waals surface area contributed by atoms with Crippen LogP contribution in [0.25, 0.3) is 0 Å². The number of halogens is 1. The van der Waals surface area contributed by atoms with Gasteiger partial charge in [-0.1, -0.05) is 0 Å². The van der Waals surface area contributed by atoms with Crippen molar-refractivity contribution in [2.45, 2.75) is 18.8 Å². The minimum Gasteiger partial charge on any atom is -0.352 e. The summed E-state index contributed by atoms with van der Waals surface area (Å²) in [4.78, 5) is 42.9. The van der Waals surface area contributed by atoms with Crippen molar-refractivity contribution < 1.29 is 18.8 Å². The lowest BCUT2D eigenvalue weighted by molar-refractivity contribution is -0.141. The Morgan fingerprint density at radius 3 is 2.31 bits per heavy atom. The molecule has 5 rings (SSSR count). The maximum Gasteiger partial charge on any atom is 0.328 e. The summed E-state index contributed by atoms with van der Waals surface area (Å²) in [6, 6.07) is 8.39. The number of rotatable bonds is 4. The van der Waals surface area contributed by atoms with Gasteiger partial charge in [0.05, 0.1) is 11.4 Å². The third kappa shape index (κ3) is 3.88. The van der Waals surface area contributed by atoms with Gasteiger partial charge in [0.2, 0.25) is 11.8 Å². The molecule has 3 heterocycles. The quantitative estimate of drug-likeness (QED) is 0.727. The molecule has 9 nitrogen and oxygen atoms in total. The number of urea groups is 1. The molecular weight excluding hydrogens is 415 g/mol. The van der Waals surface area contributed by atoms with Crippen molar-refractivity contribution in [3.8, 4) is 0 Å². The Morgan fingerprint density at radius 2 is 1.69 bits per heavy atom. The largest absolute Gasteiger partial charge is 0.352 e. The molecule has 2 saturated heterocycles. The van der Waals surface area contributed by atoms with E-state index in [-0.39, 0.29) is 18.1 Å². The Labute approximate surface area is 184 Å². The second kappa shape index (κ2) is 8.18. The van der Waals surface area contributed by atoms with E-state index in [9.17, 15) is 18.8 Å². The molecule has 1 aromatic heterocycles. The van der Waals surface area contributed by atoms with Crippen LogP contribution in [-0.2, 0) is 9.59 Å². The van der Waals surface area contributed by atoms with E-state index in [2.05, 4.69) is 20.4 Å². The molecule has 2 aromatic rings. The zero-order valence-electron chi connectivity index (χ0n) is 17.4. The van der Waals surface area contributed by atoms with E-state index in [0.717, 1.165) is 16.4 Å². The molecule has 1 aliphatic carbocycles. The molecule has 4 amide bonds. The lowest BCUT2D eigenvalue weighted by atomic mass is 10.0. The van der Waals surface area contributed by atoms with Gasteiger partial charge in [-0.3, -0.25) is 9.59 Å². The molecule has 0 spiro atoms. The number of aromatic nitrogens is 2. The molecule has 3 fully saturated rings. The minimum atomic E-state index is -1.01. The zero-order valence-corrected chi connectivity index (χ0v) is 17.4. The fourth-order valence-corrected chi connectivity index (χ4v) is 4.12. The Bertz CT molecular complexity index is 1030. The minimum absolute atomic E-state index is 0.0531. The molecule has 1 N–H and O–H groups in total. The van der Waals surface area contributed by atoms with Crippen LogP contribution in [0.15, 0.2) is 36.4 Å². The molecule has 0 bridgehead atoms. The maximum atomic E-state index is 13.2. The summed E-state index contributed by atoms with van der Waals surface area (Å²) in [5.41, 5.74) is 1.26. The summed E-state index contributed by atoms with van der Waals surface area (Å²) in [6.45, 7) is 2.00.